The Hall–Kier alpha value is -6.88. The number of amidine groups is 2. The molecule has 0 saturated carbocycles. The van der Waals surface area contributed by atoms with Gasteiger partial charge in [0, 0.05) is 54.9 Å². The maximum Gasteiger partial charge on any atom is 0.278 e. The van der Waals surface area contributed by atoms with E-state index in [1.54, 1.807) is 0 Å². The molecule has 3 N–H and O–H groups in total. The number of aromatic nitrogens is 3. The topological polar surface area (TPSA) is 146 Å². The molecule has 7 aromatic rings. The third-order valence-corrected chi connectivity index (χ3v) is 10.3. The summed E-state index contributed by atoms with van der Waals surface area (Å²) in [4.78, 5) is 53.8. The number of allylic oxidation sites excluding steroid dienone is 3. The summed E-state index contributed by atoms with van der Waals surface area (Å²) in [6.07, 6.45) is 6.07. The lowest BCUT2D eigenvalue weighted by molar-refractivity contribution is 0.477. The van der Waals surface area contributed by atoms with Crippen LogP contribution in [0.15, 0.2) is 161 Å². The largest absolute Gasteiger partial charge is 0.324 e. The minimum absolute atomic E-state index is 0.248. The van der Waals surface area contributed by atoms with Crippen molar-refractivity contribution in [1.29, 1.82) is 0 Å². The summed E-state index contributed by atoms with van der Waals surface area (Å²) < 4.78 is 0. The molecule has 4 aliphatic rings. The summed E-state index contributed by atoms with van der Waals surface area (Å²) in [5, 5.41) is 5.32. The van der Waals surface area contributed by atoms with E-state index in [2.05, 4.69) is 28.0 Å². The van der Waals surface area contributed by atoms with Crippen molar-refractivity contribution >= 4 is 44.0 Å². The molecule has 11 heteroatoms. The van der Waals surface area contributed by atoms with Crippen LogP contribution in [-0.2, 0) is 5.79 Å². The Morgan fingerprint density at radius 3 is 1.54 bits per heavy atom. The van der Waals surface area contributed by atoms with Gasteiger partial charge in [0.15, 0.2) is 5.84 Å². The van der Waals surface area contributed by atoms with Crippen molar-refractivity contribution in [3.63, 3.8) is 0 Å². The van der Waals surface area contributed by atoms with Crippen LogP contribution in [0.4, 0.5) is 0 Å². The van der Waals surface area contributed by atoms with Gasteiger partial charge in [-0.15, -0.1) is 0 Å². The van der Waals surface area contributed by atoms with Crippen LogP contribution in [0.2, 0.25) is 0 Å². The SMILES string of the molecule is C/C=C\C=C1/C(C)C2=NC13N=c1[nH]c(c4ccccc14)=NC1=NC(N=c4[nH]c(c5ccccc45)=N2)(N=c2[nH]c(c4ccccc24)=N3)c2ccccc21. The van der Waals surface area contributed by atoms with Crippen molar-refractivity contribution in [2.45, 2.75) is 25.4 Å². The maximum absolute atomic E-state index is 5.49. The van der Waals surface area contributed by atoms with E-state index in [9.17, 15) is 0 Å². The average molecular weight is 676 g/mol. The van der Waals surface area contributed by atoms with Crippen LogP contribution < -0.4 is 32.9 Å². The van der Waals surface area contributed by atoms with Crippen molar-refractivity contribution < 1.29 is 0 Å². The zero-order valence-corrected chi connectivity index (χ0v) is 28.1. The predicted octanol–water partition coefficient (Wildman–Crippen LogP) is 4.05. The number of hydrogen-bond donors (Lipinski definition) is 3. The van der Waals surface area contributed by atoms with E-state index in [4.69, 9.17) is 39.9 Å². The Balaban J connectivity index is 1.47. The molecule has 2 spiro atoms. The molecule has 0 aliphatic carbocycles. The van der Waals surface area contributed by atoms with Gasteiger partial charge >= 0.3 is 0 Å². The average Bonchev–Trinajstić information content (AvgIpc) is 3.93. The van der Waals surface area contributed by atoms with E-state index < -0.39 is 11.6 Å². The van der Waals surface area contributed by atoms with Crippen LogP contribution in [0.3, 0.4) is 0 Å². The van der Waals surface area contributed by atoms with Gasteiger partial charge in [0.1, 0.15) is 38.8 Å². The number of nitrogens with zero attached hydrogens (tertiary/aromatic N) is 8. The van der Waals surface area contributed by atoms with Gasteiger partial charge in [-0.2, -0.15) is 0 Å². The van der Waals surface area contributed by atoms with E-state index in [0.29, 0.717) is 44.6 Å². The molecule has 4 aromatic carbocycles. The second-order valence-electron chi connectivity index (χ2n) is 13.4. The Labute approximate surface area is 294 Å². The first-order chi connectivity index (χ1) is 25.5. The fourth-order valence-electron chi connectivity index (χ4n) is 7.85. The molecule has 11 nitrogen and oxygen atoms in total. The summed E-state index contributed by atoms with van der Waals surface area (Å²) in [5.41, 5.74) is 6.14. The lowest BCUT2D eigenvalue weighted by atomic mass is 9.97. The van der Waals surface area contributed by atoms with E-state index in [1.807, 2.05) is 116 Å². The number of nitrogens with one attached hydrogen (secondary N) is 3. The number of fused-ring (bicyclic) bond motifs is 13. The van der Waals surface area contributed by atoms with Crippen molar-refractivity contribution in [3.8, 4) is 0 Å². The monoisotopic (exact) mass is 675 g/mol. The summed E-state index contributed by atoms with van der Waals surface area (Å²) >= 11 is 0. The van der Waals surface area contributed by atoms with Gasteiger partial charge in [0.2, 0.25) is 0 Å². The maximum atomic E-state index is 5.49. The summed E-state index contributed by atoms with van der Waals surface area (Å²) in [6.45, 7) is 4.10. The van der Waals surface area contributed by atoms with Crippen molar-refractivity contribution in [1.82, 2.24) is 15.0 Å². The van der Waals surface area contributed by atoms with Crippen LogP contribution in [0.5, 0.6) is 0 Å². The Morgan fingerprint density at radius 1 is 0.519 bits per heavy atom. The van der Waals surface area contributed by atoms with E-state index in [-0.39, 0.29) is 5.92 Å². The first-order valence-electron chi connectivity index (χ1n) is 17.3. The molecular weight excluding hydrogens is 647 g/mol. The normalized spacial score (nSPS) is 23.5. The highest BCUT2D eigenvalue weighted by atomic mass is 15.3. The molecule has 7 heterocycles. The highest BCUT2D eigenvalue weighted by Crippen LogP contribution is 2.40. The van der Waals surface area contributed by atoms with Crippen molar-refractivity contribution in [3.05, 3.63) is 165 Å². The van der Waals surface area contributed by atoms with Gasteiger partial charge in [-0.3, -0.25) is 0 Å². The molecule has 3 atom stereocenters. The van der Waals surface area contributed by atoms with Gasteiger partial charge in [0.25, 0.3) is 11.6 Å². The molecule has 3 unspecified atom stereocenters. The second-order valence-corrected chi connectivity index (χ2v) is 13.4. The molecule has 0 fully saturated rings. The van der Waals surface area contributed by atoms with Crippen LogP contribution in [0.1, 0.15) is 25.0 Å². The van der Waals surface area contributed by atoms with E-state index in [0.717, 1.165) is 49.0 Å². The lowest BCUT2D eigenvalue weighted by Crippen LogP contribution is -2.31. The van der Waals surface area contributed by atoms with Gasteiger partial charge in [-0.1, -0.05) is 122 Å². The van der Waals surface area contributed by atoms with E-state index >= 15 is 0 Å². The molecule has 11 rings (SSSR count). The van der Waals surface area contributed by atoms with Gasteiger partial charge in [-0.05, 0) is 6.92 Å². The zero-order valence-electron chi connectivity index (χ0n) is 28.1. The van der Waals surface area contributed by atoms with Gasteiger partial charge < -0.3 is 15.0 Å². The quantitative estimate of drug-likeness (QED) is 0.231. The smallest absolute Gasteiger partial charge is 0.278 e. The molecular formula is C41H29N11. The van der Waals surface area contributed by atoms with Crippen LogP contribution in [0.25, 0.3) is 32.3 Å². The molecule has 248 valence electrons. The zero-order chi connectivity index (χ0) is 34.6. The molecule has 4 aliphatic heterocycles. The Morgan fingerprint density at radius 2 is 0.981 bits per heavy atom. The lowest BCUT2D eigenvalue weighted by Gasteiger charge is -2.20. The van der Waals surface area contributed by atoms with Gasteiger partial charge in [0.05, 0.1) is 0 Å². The number of rotatable bonds is 1. The number of aliphatic imine (C=N–C) groups is 2. The fourth-order valence-corrected chi connectivity index (χ4v) is 7.85. The number of hydrogen-bond acceptors (Lipinski definition) is 8. The van der Waals surface area contributed by atoms with Crippen molar-refractivity contribution in [2.24, 2.45) is 45.9 Å². The molecule has 0 radical (unpaired) electrons. The Kier molecular flexibility index (Phi) is 5.74. The molecule has 52 heavy (non-hydrogen) atoms. The highest BCUT2D eigenvalue weighted by Gasteiger charge is 2.45. The molecule has 3 aromatic heterocycles. The molecule has 10 bridgehead atoms. The third kappa shape index (κ3) is 3.95. The number of H-pyrrole nitrogens is 3. The van der Waals surface area contributed by atoms with Crippen LogP contribution >= 0.6 is 0 Å². The van der Waals surface area contributed by atoms with Crippen molar-refractivity contribution in [2.75, 3.05) is 0 Å². The fraction of sp³-hybridized carbons (Fsp3) is 0.122. The third-order valence-electron chi connectivity index (χ3n) is 10.3. The summed E-state index contributed by atoms with van der Waals surface area (Å²) in [7, 11) is 0. The van der Waals surface area contributed by atoms with Gasteiger partial charge in [-0.25, -0.2) is 39.9 Å². The predicted molar refractivity (Wildman–Crippen MR) is 199 cm³/mol. The highest BCUT2D eigenvalue weighted by molar-refractivity contribution is 6.04. The summed E-state index contributed by atoms with van der Waals surface area (Å²) in [5.74, 6) is -2.04. The molecule has 0 saturated heterocycles. The first kappa shape index (κ1) is 28.9. The first-order valence-corrected chi connectivity index (χ1v) is 17.3. The second kappa shape index (κ2) is 10.3. The number of aromatic amines is 3. The van der Waals surface area contributed by atoms with E-state index in [1.165, 1.54) is 0 Å². The van der Waals surface area contributed by atoms with Crippen LogP contribution in [-0.4, -0.2) is 32.4 Å². The minimum Gasteiger partial charge on any atom is -0.324 e. The minimum atomic E-state index is -1.45. The van der Waals surface area contributed by atoms with Crippen LogP contribution in [0, 0.1) is 5.92 Å². The summed E-state index contributed by atoms with van der Waals surface area (Å²) in [6, 6.07) is 32.3. The number of benzene rings is 4. The molecule has 0 amide bonds. The Bertz CT molecular complexity index is 3250. The standard InChI is InChI=1S/C41H29N11/c1-3-4-20-30-22(2)32-42-33-23-13-5-7-15-25(23)36(43-33)50-41-31-21-12-11-19-29(31)39(52-41)45-34-24-14-6-8-16-26(24)35(44-34)48-40(30,47-32)49-37-27-17-9-10-18-28(27)38(46-37)51-41/h3-22H,1-2H3,(H,46,49,51)(H,42,43,47,50)(H,44,45,48,52)/b4-3-,30-20+.